The minimum absolute atomic E-state index is 0.00773. The highest BCUT2D eigenvalue weighted by Gasteiger charge is 2.14. The van der Waals surface area contributed by atoms with Gasteiger partial charge in [-0.05, 0) is 32.0 Å². The third-order valence-corrected chi connectivity index (χ3v) is 2.46. The summed E-state index contributed by atoms with van der Waals surface area (Å²) in [5.74, 6) is 0.413. The highest BCUT2D eigenvalue weighted by atomic mass is 19.1. The van der Waals surface area contributed by atoms with Crippen molar-refractivity contribution in [3.63, 3.8) is 0 Å². The number of pyridine rings is 1. The van der Waals surface area contributed by atoms with Crippen LogP contribution in [0.25, 0.3) is 11.6 Å². The van der Waals surface area contributed by atoms with Gasteiger partial charge in [0.25, 0.3) is 5.89 Å². The van der Waals surface area contributed by atoms with E-state index >= 15 is 0 Å². The fourth-order valence-corrected chi connectivity index (χ4v) is 1.46. The molecule has 0 saturated carbocycles. The van der Waals surface area contributed by atoms with Crippen LogP contribution in [0.5, 0.6) is 0 Å². The molecule has 6 heteroatoms. The van der Waals surface area contributed by atoms with E-state index in [-0.39, 0.29) is 6.04 Å². The van der Waals surface area contributed by atoms with Crippen LogP contribution >= 0.6 is 0 Å². The van der Waals surface area contributed by atoms with Crippen LogP contribution < -0.4 is 5.32 Å². The Morgan fingerprint density at radius 1 is 1.39 bits per heavy atom. The summed E-state index contributed by atoms with van der Waals surface area (Å²) in [4.78, 5) is 3.89. The van der Waals surface area contributed by atoms with Gasteiger partial charge in [-0.25, -0.2) is 9.37 Å². The van der Waals surface area contributed by atoms with Crippen molar-refractivity contribution in [2.75, 3.05) is 6.54 Å². The topological polar surface area (TPSA) is 63.8 Å². The van der Waals surface area contributed by atoms with Crippen LogP contribution in [-0.2, 0) is 0 Å². The quantitative estimate of drug-likeness (QED) is 0.882. The fraction of sp³-hybridized carbons (Fsp3) is 0.417. The Kier molecular flexibility index (Phi) is 3.99. The molecule has 2 aromatic rings. The molecule has 0 amide bonds. The molecule has 2 heterocycles. The van der Waals surface area contributed by atoms with Gasteiger partial charge in [-0.15, -0.1) is 10.2 Å². The second-order valence-corrected chi connectivity index (χ2v) is 3.98. The lowest BCUT2D eigenvalue weighted by atomic mass is 10.3. The third-order valence-electron chi connectivity index (χ3n) is 2.46. The van der Waals surface area contributed by atoms with E-state index in [1.54, 1.807) is 0 Å². The van der Waals surface area contributed by atoms with Crippen molar-refractivity contribution < 1.29 is 8.81 Å². The summed E-state index contributed by atoms with van der Waals surface area (Å²) in [5.41, 5.74) is 0.470. The van der Waals surface area contributed by atoms with Crippen molar-refractivity contribution in [1.82, 2.24) is 20.5 Å². The molecule has 18 heavy (non-hydrogen) atoms. The number of halogens is 1. The highest BCUT2D eigenvalue weighted by molar-refractivity contribution is 5.45. The van der Waals surface area contributed by atoms with E-state index in [2.05, 4.69) is 27.4 Å². The van der Waals surface area contributed by atoms with Crippen LogP contribution in [0.15, 0.2) is 22.7 Å². The van der Waals surface area contributed by atoms with Gasteiger partial charge in [-0.1, -0.05) is 6.92 Å². The SMILES string of the molecule is CCCNC(C)c1nnc(-c2ccc(F)cn2)o1. The van der Waals surface area contributed by atoms with Crippen molar-refractivity contribution in [2.45, 2.75) is 26.3 Å². The molecule has 0 aliphatic rings. The first kappa shape index (κ1) is 12.6. The first-order chi connectivity index (χ1) is 8.70. The molecular weight excluding hydrogens is 235 g/mol. The Morgan fingerprint density at radius 3 is 2.89 bits per heavy atom. The molecule has 0 radical (unpaired) electrons. The molecule has 0 aliphatic carbocycles. The first-order valence-corrected chi connectivity index (χ1v) is 5.89. The minimum Gasteiger partial charge on any atom is -0.418 e. The van der Waals surface area contributed by atoms with Gasteiger partial charge in [0.1, 0.15) is 11.5 Å². The van der Waals surface area contributed by atoms with Crippen molar-refractivity contribution in [1.29, 1.82) is 0 Å². The first-order valence-electron chi connectivity index (χ1n) is 5.89. The molecule has 0 aromatic carbocycles. The fourth-order valence-electron chi connectivity index (χ4n) is 1.46. The van der Waals surface area contributed by atoms with E-state index in [4.69, 9.17) is 4.42 Å². The molecule has 0 aliphatic heterocycles. The van der Waals surface area contributed by atoms with E-state index in [9.17, 15) is 4.39 Å². The van der Waals surface area contributed by atoms with Crippen molar-refractivity contribution >= 4 is 0 Å². The maximum absolute atomic E-state index is 12.7. The zero-order valence-electron chi connectivity index (χ0n) is 10.4. The van der Waals surface area contributed by atoms with Gasteiger partial charge in [0.2, 0.25) is 5.89 Å². The monoisotopic (exact) mass is 250 g/mol. The number of aromatic nitrogens is 3. The van der Waals surface area contributed by atoms with Crippen LogP contribution in [0, 0.1) is 5.82 Å². The predicted octanol–water partition coefficient (Wildman–Crippen LogP) is 2.33. The largest absolute Gasteiger partial charge is 0.418 e. The summed E-state index contributed by atoms with van der Waals surface area (Å²) in [6, 6.07) is 2.81. The summed E-state index contributed by atoms with van der Waals surface area (Å²) >= 11 is 0. The smallest absolute Gasteiger partial charge is 0.266 e. The second kappa shape index (κ2) is 5.68. The van der Waals surface area contributed by atoms with Crippen molar-refractivity contribution in [2.24, 2.45) is 0 Å². The number of nitrogens with zero attached hydrogens (tertiary/aromatic N) is 3. The van der Waals surface area contributed by atoms with Gasteiger partial charge in [-0.2, -0.15) is 0 Å². The molecule has 2 aromatic heterocycles. The van der Waals surface area contributed by atoms with E-state index < -0.39 is 5.82 Å². The van der Waals surface area contributed by atoms with Gasteiger partial charge in [-0.3, -0.25) is 0 Å². The Balaban J connectivity index is 2.12. The van der Waals surface area contributed by atoms with Crippen molar-refractivity contribution in [3.05, 3.63) is 30.0 Å². The molecule has 96 valence electrons. The Bertz CT molecular complexity index is 497. The molecule has 0 fully saturated rings. The number of hydrogen-bond donors (Lipinski definition) is 1. The van der Waals surface area contributed by atoms with Crippen LogP contribution in [0.1, 0.15) is 32.2 Å². The molecular formula is C12H15FN4O. The molecule has 0 bridgehead atoms. The standard InChI is InChI=1S/C12H15FN4O/c1-3-6-14-8(2)11-16-17-12(18-11)10-5-4-9(13)7-15-10/h4-5,7-8,14H,3,6H2,1-2H3. The molecule has 1 atom stereocenters. The lowest BCUT2D eigenvalue weighted by Crippen LogP contribution is -2.19. The van der Waals surface area contributed by atoms with E-state index in [0.717, 1.165) is 19.2 Å². The summed E-state index contributed by atoms with van der Waals surface area (Å²) in [6.45, 7) is 4.92. The number of rotatable bonds is 5. The number of hydrogen-bond acceptors (Lipinski definition) is 5. The molecule has 0 spiro atoms. The van der Waals surface area contributed by atoms with Gasteiger partial charge < -0.3 is 9.73 Å². The average molecular weight is 250 g/mol. The lowest BCUT2D eigenvalue weighted by Gasteiger charge is -2.07. The van der Waals surface area contributed by atoms with Gasteiger partial charge in [0.05, 0.1) is 12.2 Å². The van der Waals surface area contributed by atoms with Gasteiger partial charge in [0, 0.05) is 0 Å². The van der Waals surface area contributed by atoms with Crippen LogP contribution in [0.2, 0.25) is 0 Å². The Labute approximate surface area is 104 Å². The van der Waals surface area contributed by atoms with Gasteiger partial charge >= 0.3 is 0 Å². The van der Waals surface area contributed by atoms with Crippen LogP contribution in [0.3, 0.4) is 0 Å². The summed E-state index contributed by atoms with van der Waals surface area (Å²) < 4.78 is 18.2. The van der Waals surface area contributed by atoms with Gasteiger partial charge in [0.15, 0.2) is 0 Å². The van der Waals surface area contributed by atoms with Crippen molar-refractivity contribution in [3.8, 4) is 11.6 Å². The Hall–Kier alpha value is -1.82. The maximum atomic E-state index is 12.7. The summed E-state index contributed by atoms with van der Waals surface area (Å²) in [7, 11) is 0. The third kappa shape index (κ3) is 2.89. The molecule has 0 saturated heterocycles. The van der Waals surface area contributed by atoms with Crippen LogP contribution in [-0.4, -0.2) is 21.7 Å². The zero-order chi connectivity index (χ0) is 13.0. The summed E-state index contributed by atoms with van der Waals surface area (Å²) in [5, 5.41) is 11.1. The predicted molar refractivity (Wildman–Crippen MR) is 64.2 cm³/mol. The van der Waals surface area contributed by atoms with Crippen LogP contribution in [0.4, 0.5) is 4.39 Å². The highest BCUT2D eigenvalue weighted by Crippen LogP contribution is 2.18. The molecule has 1 unspecified atom stereocenters. The van der Waals surface area contributed by atoms with E-state index in [0.29, 0.717) is 17.5 Å². The second-order valence-electron chi connectivity index (χ2n) is 3.98. The summed E-state index contributed by atoms with van der Waals surface area (Å²) in [6.07, 6.45) is 2.16. The maximum Gasteiger partial charge on any atom is 0.266 e. The average Bonchev–Trinajstić information content (AvgIpc) is 2.86. The van der Waals surface area contributed by atoms with E-state index in [1.165, 1.54) is 12.1 Å². The molecule has 2 rings (SSSR count). The van der Waals surface area contributed by atoms with E-state index in [1.807, 2.05) is 6.92 Å². The zero-order valence-corrected chi connectivity index (χ0v) is 10.4. The number of nitrogens with one attached hydrogen (secondary N) is 1. The normalized spacial score (nSPS) is 12.6. The lowest BCUT2D eigenvalue weighted by molar-refractivity contribution is 0.422. The Morgan fingerprint density at radius 2 is 2.22 bits per heavy atom. The molecule has 1 N–H and O–H groups in total. The molecule has 5 nitrogen and oxygen atoms in total. The minimum atomic E-state index is -0.392.